The molecular formula is C22H13F5N6O2. The molecule has 35 heavy (non-hydrogen) atoms. The van der Waals surface area contributed by atoms with Gasteiger partial charge in [0.15, 0.2) is 5.82 Å². The highest BCUT2D eigenvalue weighted by atomic mass is 19.4. The summed E-state index contributed by atoms with van der Waals surface area (Å²) in [5, 5.41) is 6.93. The van der Waals surface area contributed by atoms with Crippen LogP contribution in [0.2, 0.25) is 0 Å². The van der Waals surface area contributed by atoms with Crippen molar-refractivity contribution in [1.29, 1.82) is 0 Å². The Hall–Kier alpha value is -4.55. The molecule has 5 rings (SSSR count). The number of carbonyl (C=O) groups is 1. The molecule has 0 aliphatic carbocycles. The van der Waals surface area contributed by atoms with Gasteiger partial charge in [-0.1, -0.05) is 6.07 Å². The number of aromatic nitrogens is 3. The molecule has 0 fully saturated rings. The number of nitrogens with one attached hydrogen (secondary N) is 3. The summed E-state index contributed by atoms with van der Waals surface area (Å²) < 4.78 is 75.7. The van der Waals surface area contributed by atoms with Crippen molar-refractivity contribution in [3.05, 3.63) is 84.1 Å². The van der Waals surface area contributed by atoms with Gasteiger partial charge in [-0.15, -0.1) is 0 Å². The molecule has 0 radical (unpaired) electrons. The smallest absolute Gasteiger partial charge is 0.436 e. The molecule has 4 aromatic rings. The molecule has 3 heterocycles. The van der Waals surface area contributed by atoms with Crippen molar-refractivity contribution in [3.8, 4) is 11.5 Å². The fourth-order valence-electron chi connectivity index (χ4n) is 3.59. The van der Waals surface area contributed by atoms with Crippen molar-refractivity contribution in [1.82, 2.24) is 15.0 Å². The molecule has 1 amide bonds. The fraction of sp³-hybridized carbons (Fsp3) is 0.0909. The van der Waals surface area contributed by atoms with Gasteiger partial charge in [0.1, 0.15) is 29.2 Å². The van der Waals surface area contributed by atoms with Crippen LogP contribution in [-0.2, 0) is 5.66 Å². The minimum absolute atomic E-state index is 0.118. The van der Waals surface area contributed by atoms with E-state index in [-0.39, 0.29) is 23.1 Å². The van der Waals surface area contributed by atoms with Crippen LogP contribution in [0.1, 0.15) is 16.1 Å². The molecule has 2 aromatic carbocycles. The Bertz CT molecular complexity index is 1390. The minimum Gasteiger partial charge on any atom is -0.445 e. The predicted molar refractivity (Wildman–Crippen MR) is 113 cm³/mol. The summed E-state index contributed by atoms with van der Waals surface area (Å²) in [5.41, 5.74) is -3.54. The first-order chi connectivity index (χ1) is 16.7. The molecule has 1 atom stereocenters. The van der Waals surface area contributed by atoms with Crippen molar-refractivity contribution >= 4 is 23.1 Å². The largest absolute Gasteiger partial charge is 0.445 e. The second kappa shape index (κ2) is 8.04. The van der Waals surface area contributed by atoms with Gasteiger partial charge in [-0.2, -0.15) is 13.2 Å². The van der Waals surface area contributed by atoms with Crippen molar-refractivity contribution in [3.63, 3.8) is 0 Å². The van der Waals surface area contributed by atoms with Gasteiger partial charge < -0.3 is 20.4 Å². The van der Waals surface area contributed by atoms with E-state index in [0.717, 1.165) is 30.6 Å². The standard InChI is InChI=1S/C22H13F5N6O2/c23-12-2-1-3-13(24)18(12)19(34)31-17-10-29-16(9-30-17)21(22(25,26)27)32-14-5-4-11(8-15(14)33-21)20-28-6-7-35-20/h1-10,32-33H,(H,30,31,34). The zero-order chi connectivity index (χ0) is 24.8. The highest BCUT2D eigenvalue weighted by Gasteiger charge is 2.61. The van der Waals surface area contributed by atoms with Crippen LogP contribution in [0.15, 0.2) is 65.7 Å². The van der Waals surface area contributed by atoms with Gasteiger partial charge in [0.2, 0.25) is 5.89 Å². The molecule has 0 saturated carbocycles. The maximum absolute atomic E-state index is 14.3. The quantitative estimate of drug-likeness (QED) is 0.351. The summed E-state index contributed by atoms with van der Waals surface area (Å²) in [5.74, 6) is -3.46. The van der Waals surface area contributed by atoms with Crippen molar-refractivity contribution in [2.45, 2.75) is 11.8 Å². The molecule has 0 saturated heterocycles. The topological polar surface area (TPSA) is 105 Å². The average molecular weight is 488 g/mol. The molecular weight excluding hydrogens is 475 g/mol. The lowest BCUT2D eigenvalue weighted by molar-refractivity contribution is -0.173. The highest BCUT2D eigenvalue weighted by molar-refractivity contribution is 6.04. The van der Waals surface area contributed by atoms with Gasteiger partial charge in [0.05, 0.1) is 30.0 Å². The number of oxazole rings is 1. The molecule has 1 unspecified atom stereocenters. The number of halogens is 5. The zero-order valence-corrected chi connectivity index (χ0v) is 17.3. The van der Waals surface area contributed by atoms with E-state index >= 15 is 0 Å². The molecule has 178 valence electrons. The number of hydrogen-bond donors (Lipinski definition) is 3. The van der Waals surface area contributed by atoms with Crippen molar-refractivity contribution in [2.75, 3.05) is 16.0 Å². The van der Waals surface area contributed by atoms with Gasteiger partial charge in [-0.3, -0.25) is 9.78 Å². The molecule has 1 aliphatic rings. The van der Waals surface area contributed by atoms with Gasteiger partial charge >= 0.3 is 6.18 Å². The molecule has 13 heteroatoms. The Kier molecular flexibility index (Phi) is 5.11. The van der Waals surface area contributed by atoms with Crippen molar-refractivity contribution < 1.29 is 31.2 Å². The van der Waals surface area contributed by atoms with Crippen LogP contribution in [0.3, 0.4) is 0 Å². The summed E-state index contributed by atoms with van der Waals surface area (Å²) in [6.45, 7) is 0. The number of hydrogen-bond acceptors (Lipinski definition) is 7. The Balaban J connectivity index is 1.43. The average Bonchev–Trinajstić information content (AvgIpc) is 3.47. The van der Waals surface area contributed by atoms with Gasteiger partial charge in [0.25, 0.3) is 11.6 Å². The number of rotatable bonds is 4. The van der Waals surface area contributed by atoms with E-state index in [1.807, 2.05) is 0 Å². The third-order valence-electron chi connectivity index (χ3n) is 5.24. The van der Waals surface area contributed by atoms with E-state index < -0.39 is 40.6 Å². The van der Waals surface area contributed by atoms with E-state index in [1.165, 1.54) is 30.7 Å². The maximum atomic E-state index is 14.3. The Morgan fingerprint density at radius 1 is 0.971 bits per heavy atom. The minimum atomic E-state index is -4.88. The summed E-state index contributed by atoms with van der Waals surface area (Å²) in [6.07, 6.45) is -0.494. The molecule has 1 aliphatic heterocycles. The second-order valence-electron chi connectivity index (χ2n) is 7.43. The molecule has 3 N–H and O–H groups in total. The van der Waals surface area contributed by atoms with Crippen LogP contribution in [0, 0.1) is 11.6 Å². The number of fused-ring (bicyclic) bond motifs is 1. The third-order valence-corrected chi connectivity index (χ3v) is 5.24. The lowest BCUT2D eigenvalue weighted by atomic mass is 10.1. The molecule has 2 aromatic heterocycles. The van der Waals surface area contributed by atoms with Gasteiger partial charge in [0, 0.05) is 5.56 Å². The lowest BCUT2D eigenvalue weighted by Gasteiger charge is -2.32. The van der Waals surface area contributed by atoms with Gasteiger partial charge in [-0.25, -0.2) is 18.7 Å². The number of alkyl halides is 3. The lowest BCUT2D eigenvalue weighted by Crippen LogP contribution is -2.52. The zero-order valence-electron chi connectivity index (χ0n) is 17.3. The van der Waals surface area contributed by atoms with E-state index in [1.54, 1.807) is 0 Å². The van der Waals surface area contributed by atoms with E-state index in [4.69, 9.17) is 4.42 Å². The summed E-state index contributed by atoms with van der Waals surface area (Å²) >= 11 is 0. The maximum Gasteiger partial charge on any atom is 0.436 e. The number of carbonyl (C=O) groups excluding carboxylic acids is 1. The van der Waals surface area contributed by atoms with E-state index in [2.05, 4.69) is 30.9 Å². The highest BCUT2D eigenvalue weighted by Crippen LogP contribution is 2.48. The second-order valence-corrected chi connectivity index (χ2v) is 7.43. The third kappa shape index (κ3) is 3.80. The van der Waals surface area contributed by atoms with Gasteiger partial charge in [-0.05, 0) is 30.3 Å². The van der Waals surface area contributed by atoms with Crippen LogP contribution >= 0.6 is 0 Å². The summed E-state index contributed by atoms with van der Waals surface area (Å²) in [4.78, 5) is 23.8. The van der Waals surface area contributed by atoms with Crippen LogP contribution in [-0.4, -0.2) is 27.0 Å². The monoisotopic (exact) mass is 488 g/mol. The van der Waals surface area contributed by atoms with E-state index in [9.17, 15) is 26.7 Å². The normalized spacial score (nSPS) is 16.8. The molecule has 0 spiro atoms. The van der Waals surface area contributed by atoms with Crippen molar-refractivity contribution in [2.24, 2.45) is 0 Å². The predicted octanol–water partition coefficient (Wildman–Crippen LogP) is 4.91. The summed E-state index contributed by atoms with van der Waals surface area (Å²) in [7, 11) is 0. The fourth-order valence-corrected chi connectivity index (χ4v) is 3.59. The number of anilines is 3. The van der Waals surface area contributed by atoms with Crippen LogP contribution < -0.4 is 16.0 Å². The first-order valence-corrected chi connectivity index (χ1v) is 9.93. The summed E-state index contributed by atoms with van der Waals surface area (Å²) in [6, 6.07) is 7.27. The molecule has 0 bridgehead atoms. The number of benzene rings is 2. The first-order valence-electron chi connectivity index (χ1n) is 9.93. The van der Waals surface area contributed by atoms with Crippen LogP contribution in [0.25, 0.3) is 11.5 Å². The first kappa shape index (κ1) is 22.3. The van der Waals surface area contributed by atoms with Crippen LogP contribution in [0.4, 0.5) is 39.1 Å². The van der Waals surface area contributed by atoms with E-state index in [0.29, 0.717) is 5.56 Å². The number of nitrogens with zero attached hydrogens (tertiary/aromatic N) is 3. The Labute approximate surface area is 193 Å². The Morgan fingerprint density at radius 2 is 1.71 bits per heavy atom. The SMILES string of the molecule is O=C(Nc1cnc(C2(C(F)(F)F)Nc3ccc(-c4ncco4)cc3N2)cn1)c1c(F)cccc1F. The van der Waals surface area contributed by atoms with Crippen LogP contribution in [0.5, 0.6) is 0 Å². The number of amides is 1. The Morgan fingerprint density at radius 3 is 2.34 bits per heavy atom. The molecule has 8 nitrogen and oxygen atoms in total.